The van der Waals surface area contributed by atoms with E-state index in [2.05, 4.69) is 25.9 Å². The van der Waals surface area contributed by atoms with Crippen LogP contribution in [0.1, 0.15) is 30.3 Å². The first-order valence-electron chi connectivity index (χ1n) is 10.0. The maximum absolute atomic E-state index is 12.7. The number of methoxy groups -OCH3 is 1. The molecule has 30 heavy (non-hydrogen) atoms. The van der Waals surface area contributed by atoms with E-state index in [0.717, 1.165) is 22.3 Å². The number of piperidine rings is 1. The van der Waals surface area contributed by atoms with Gasteiger partial charge in [-0.05, 0) is 42.7 Å². The van der Waals surface area contributed by atoms with Crippen molar-refractivity contribution in [3.05, 3.63) is 59.9 Å². The standard InChI is InChI=1S/C22H25N5O3/c1-30-16-8-6-14(7-9-16)12-19(21-25-17-4-2-3-5-18(17)26-21)27-22(29)24-15-10-11-23-20(28)13-15/h2-9,15,19H,10-13H2,1H3,(H,23,28)(H,25,26)(H2,24,27,29)/t15?,19-/m1/s1. The molecule has 0 radical (unpaired) electrons. The molecular formula is C22H25N5O3. The van der Waals surface area contributed by atoms with Crippen LogP contribution in [0.2, 0.25) is 0 Å². The number of aromatic amines is 1. The van der Waals surface area contributed by atoms with Gasteiger partial charge in [-0.25, -0.2) is 9.78 Å². The molecule has 3 amide bonds. The van der Waals surface area contributed by atoms with Crippen molar-refractivity contribution in [3.63, 3.8) is 0 Å². The monoisotopic (exact) mass is 407 g/mol. The number of hydrogen-bond donors (Lipinski definition) is 4. The second-order valence-corrected chi connectivity index (χ2v) is 7.40. The van der Waals surface area contributed by atoms with Crippen molar-refractivity contribution in [2.45, 2.75) is 31.3 Å². The first-order chi connectivity index (χ1) is 14.6. The quantitative estimate of drug-likeness (QED) is 0.503. The molecule has 0 saturated carbocycles. The summed E-state index contributed by atoms with van der Waals surface area (Å²) in [5, 5.41) is 8.71. The largest absolute Gasteiger partial charge is 0.497 e. The van der Waals surface area contributed by atoms with Gasteiger partial charge in [0.05, 0.1) is 24.2 Å². The van der Waals surface area contributed by atoms with Crippen molar-refractivity contribution in [3.8, 4) is 5.75 Å². The Labute approximate surface area is 174 Å². The molecule has 1 unspecified atom stereocenters. The molecule has 3 aromatic rings. The molecule has 8 heteroatoms. The summed E-state index contributed by atoms with van der Waals surface area (Å²) in [6.45, 7) is 0.572. The Morgan fingerprint density at radius 3 is 2.77 bits per heavy atom. The van der Waals surface area contributed by atoms with E-state index >= 15 is 0 Å². The van der Waals surface area contributed by atoms with E-state index < -0.39 is 0 Å². The lowest BCUT2D eigenvalue weighted by Crippen LogP contribution is -2.49. The number of ether oxygens (including phenoxy) is 1. The van der Waals surface area contributed by atoms with Crippen molar-refractivity contribution in [1.82, 2.24) is 25.9 Å². The number of nitrogens with zero attached hydrogens (tertiary/aromatic N) is 1. The van der Waals surface area contributed by atoms with E-state index in [1.54, 1.807) is 7.11 Å². The third-order valence-electron chi connectivity index (χ3n) is 5.22. The van der Waals surface area contributed by atoms with Crippen molar-refractivity contribution < 1.29 is 14.3 Å². The average molecular weight is 407 g/mol. The lowest BCUT2D eigenvalue weighted by molar-refractivity contribution is -0.122. The minimum atomic E-state index is -0.358. The highest BCUT2D eigenvalue weighted by atomic mass is 16.5. The predicted molar refractivity (Wildman–Crippen MR) is 113 cm³/mol. The lowest BCUT2D eigenvalue weighted by atomic mass is 10.0. The van der Waals surface area contributed by atoms with Crippen molar-refractivity contribution >= 4 is 23.0 Å². The van der Waals surface area contributed by atoms with Crippen LogP contribution in [0.15, 0.2) is 48.5 Å². The van der Waals surface area contributed by atoms with Gasteiger partial charge in [0, 0.05) is 19.0 Å². The molecule has 4 rings (SSSR count). The maximum atomic E-state index is 12.7. The maximum Gasteiger partial charge on any atom is 0.315 e. The Morgan fingerprint density at radius 1 is 1.23 bits per heavy atom. The number of para-hydroxylation sites is 2. The number of imidazole rings is 1. The van der Waals surface area contributed by atoms with E-state index in [1.165, 1.54) is 0 Å². The van der Waals surface area contributed by atoms with Gasteiger partial charge in [-0.15, -0.1) is 0 Å². The fraction of sp³-hybridized carbons (Fsp3) is 0.318. The number of urea groups is 1. The topological polar surface area (TPSA) is 108 Å². The van der Waals surface area contributed by atoms with Crippen LogP contribution in [-0.2, 0) is 11.2 Å². The lowest BCUT2D eigenvalue weighted by Gasteiger charge is -2.25. The summed E-state index contributed by atoms with van der Waals surface area (Å²) in [5.74, 6) is 1.42. The zero-order chi connectivity index (χ0) is 20.9. The molecule has 0 bridgehead atoms. The Hall–Kier alpha value is -3.55. The van der Waals surface area contributed by atoms with E-state index in [1.807, 2.05) is 48.5 Å². The number of nitrogens with one attached hydrogen (secondary N) is 4. The van der Waals surface area contributed by atoms with Gasteiger partial charge in [0.15, 0.2) is 0 Å². The van der Waals surface area contributed by atoms with Crippen LogP contribution < -0.4 is 20.7 Å². The number of fused-ring (bicyclic) bond motifs is 1. The molecule has 1 aromatic heterocycles. The summed E-state index contributed by atoms with van der Waals surface area (Å²) in [5.41, 5.74) is 2.80. The number of rotatable bonds is 6. The van der Waals surface area contributed by atoms with Crippen LogP contribution in [0.4, 0.5) is 4.79 Å². The van der Waals surface area contributed by atoms with Crippen LogP contribution in [0.5, 0.6) is 5.75 Å². The zero-order valence-electron chi connectivity index (χ0n) is 16.8. The van der Waals surface area contributed by atoms with Crippen LogP contribution >= 0.6 is 0 Å². The third kappa shape index (κ3) is 4.71. The SMILES string of the molecule is COc1ccc(C[C@@H](NC(=O)NC2CCNC(=O)C2)c2nc3ccccc3[nH]2)cc1. The third-order valence-corrected chi connectivity index (χ3v) is 5.22. The number of benzene rings is 2. The summed E-state index contributed by atoms with van der Waals surface area (Å²) in [6.07, 6.45) is 1.57. The van der Waals surface area contributed by atoms with Gasteiger partial charge < -0.3 is 25.7 Å². The Kier molecular flexibility index (Phi) is 5.83. The van der Waals surface area contributed by atoms with Gasteiger partial charge in [0.25, 0.3) is 0 Å². The van der Waals surface area contributed by atoms with Gasteiger partial charge in [0.1, 0.15) is 11.6 Å². The van der Waals surface area contributed by atoms with E-state index in [4.69, 9.17) is 4.74 Å². The molecule has 1 aliphatic rings. The normalized spacial score (nSPS) is 17.2. The molecule has 156 valence electrons. The highest BCUT2D eigenvalue weighted by Gasteiger charge is 2.24. The molecule has 1 saturated heterocycles. The highest BCUT2D eigenvalue weighted by Crippen LogP contribution is 2.21. The molecule has 2 heterocycles. The fourth-order valence-electron chi connectivity index (χ4n) is 3.64. The minimum absolute atomic E-state index is 0.0429. The van der Waals surface area contributed by atoms with Crippen molar-refractivity contribution in [2.24, 2.45) is 0 Å². The number of aromatic nitrogens is 2. The number of amides is 3. The molecule has 0 spiro atoms. The molecule has 4 N–H and O–H groups in total. The van der Waals surface area contributed by atoms with Crippen molar-refractivity contribution in [1.29, 1.82) is 0 Å². The first kappa shape index (κ1) is 19.8. The molecule has 1 aliphatic heterocycles. The number of carbonyl (C=O) groups is 2. The van der Waals surface area contributed by atoms with Gasteiger partial charge in [-0.1, -0.05) is 24.3 Å². The number of H-pyrrole nitrogens is 1. The second kappa shape index (κ2) is 8.86. The smallest absolute Gasteiger partial charge is 0.315 e. The summed E-state index contributed by atoms with van der Waals surface area (Å²) in [4.78, 5) is 32.3. The Balaban J connectivity index is 1.52. The Bertz CT molecular complexity index is 998. The Morgan fingerprint density at radius 2 is 2.03 bits per heavy atom. The number of hydrogen-bond acceptors (Lipinski definition) is 4. The first-order valence-corrected chi connectivity index (χ1v) is 10.0. The summed E-state index contributed by atoms with van der Waals surface area (Å²) in [6, 6.07) is 14.7. The van der Waals surface area contributed by atoms with Crippen LogP contribution in [0, 0.1) is 0 Å². The van der Waals surface area contributed by atoms with E-state index in [9.17, 15) is 9.59 Å². The molecular weight excluding hydrogens is 382 g/mol. The molecule has 2 aromatic carbocycles. The van der Waals surface area contributed by atoms with Crippen LogP contribution in [0.25, 0.3) is 11.0 Å². The van der Waals surface area contributed by atoms with Gasteiger partial charge >= 0.3 is 6.03 Å². The average Bonchev–Trinajstić information content (AvgIpc) is 3.18. The molecule has 8 nitrogen and oxygen atoms in total. The van der Waals surface area contributed by atoms with Crippen LogP contribution in [-0.4, -0.2) is 41.6 Å². The van der Waals surface area contributed by atoms with Crippen LogP contribution in [0.3, 0.4) is 0 Å². The highest BCUT2D eigenvalue weighted by molar-refractivity contribution is 5.80. The van der Waals surface area contributed by atoms with Gasteiger partial charge in [-0.3, -0.25) is 4.79 Å². The summed E-state index contributed by atoms with van der Waals surface area (Å²) < 4.78 is 5.23. The molecule has 1 fully saturated rings. The fourth-order valence-corrected chi connectivity index (χ4v) is 3.64. The molecule has 2 atom stereocenters. The zero-order valence-corrected chi connectivity index (χ0v) is 16.8. The molecule has 0 aliphatic carbocycles. The second-order valence-electron chi connectivity index (χ2n) is 7.40. The van der Waals surface area contributed by atoms with Gasteiger partial charge in [0.2, 0.25) is 5.91 Å². The predicted octanol–water partition coefficient (Wildman–Crippen LogP) is 2.43. The summed E-state index contributed by atoms with van der Waals surface area (Å²) in [7, 11) is 1.63. The number of carbonyl (C=O) groups excluding carboxylic acids is 2. The minimum Gasteiger partial charge on any atom is -0.497 e. The van der Waals surface area contributed by atoms with E-state index in [0.29, 0.717) is 31.6 Å². The van der Waals surface area contributed by atoms with Gasteiger partial charge in [-0.2, -0.15) is 0 Å². The van der Waals surface area contributed by atoms with E-state index in [-0.39, 0.29) is 24.0 Å². The summed E-state index contributed by atoms with van der Waals surface area (Å²) >= 11 is 0. The van der Waals surface area contributed by atoms with Crippen molar-refractivity contribution in [2.75, 3.05) is 13.7 Å².